The maximum absolute atomic E-state index is 11.1. The highest BCUT2D eigenvalue weighted by Gasteiger charge is 2.37. The van der Waals surface area contributed by atoms with E-state index < -0.39 is 5.97 Å². The Labute approximate surface area is 135 Å². The number of hydrogen-bond donors (Lipinski definition) is 2. The van der Waals surface area contributed by atoms with Gasteiger partial charge >= 0.3 is 5.97 Å². The normalized spacial score (nSPS) is 21.2. The number of carbonyl (C=O) groups is 1. The molecular formula is C18H20N2O3. The van der Waals surface area contributed by atoms with Gasteiger partial charge in [0.1, 0.15) is 5.82 Å². The van der Waals surface area contributed by atoms with Gasteiger partial charge in [0.05, 0.1) is 6.61 Å². The number of aliphatic hydroxyl groups excluding tert-OH is 1. The van der Waals surface area contributed by atoms with E-state index >= 15 is 0 Å². The zero-order chi connectivity index (χ0) is 16.3. The highest BCUT2D eigenvalue weighted by atomic mass is 16.4. The van der Waals surface area contributed by atoms with Gasteiger partial charge < -0.3 is 15.1 Å². The van der Waals surface area contributed by atoms with Crippen molar-refractivity contribution in [2.24, 2.45) is 0 Å². The van der Waals surface area contributed by atoms with Crippen LogP contribution in [0.25, 0.3) is 0 Å². The smallest absolute Gasteiger partial charge is 0.354 e. The van der Waals surface area contributed by atoms with Gasteiger partial charge in [-0.15, -0.1) is 0 Å². The lowest BCUT2D eigenvalue weighted by molar-refractivity contribution is 0.0690. The first-order valence-electron chi connectivity index (χ1n) is 7.76. The molecule has 1 atom stereocenters. The van der Waals surface area contributed by atoms with Gasteiger partial charge in [-0.1, -0.05) is 36.4 Å². The van der Waals surface area contributed by atoms with E-state index in [1.807, 2.05) is 36.4 Å². The second-order valence-corrected chi connectivity index (χ2v) is 6.02. The molecule has 0 bridgehead atoms. The number of benzene rings is 1. The number of carboxylic acids is 1. The lowest BCUT2D eigenvalue weighted by atomic mass is 9.75. The Morgan fingerprint density at radius 1 is 1.17 bits per heavy atom. The number of aromatic carboxylic acids is 1. The molecule has 0 aliphatic carbocycles. The van der Waals surface area contributed by atoms with Crippen molar-refractivity contribution in [3.05, 3.63) is 59.8 Å². The largest absolute Gasteiger partial charge is 0.477 e. The molecule has 2 N–H and O–H groups in total. The number of hydrogen-bond acceptors (Lipinski definition) is 4. The van der Waals surface area contributed by atoms with E-state index in [1.165, 1.54) is 6.07 Å². The first-order valence-corrected chi connectivity index (χ1v) is 7.76. The first-order chi connectivity index (χ1) is 11.1. The fourth-order valence-corrected chi connectivity index (χ4v) is 3.29. The van der Waals surface area contributed by atoms with E-state index in [9.17, 15) is 9.90 Å². The van der Waals surface area contributed by atoms with Gasteiger partial charge in [-0.3, -0.25) is 0 Å². The zero-order valence-corrected chi connectivity index (χ0v) is 12.9. The van der Waals surface area contributed by atoms with Crippen molar-refractivity contribution in [3.63, 3.8) is 0 Å². The predicted octanol–water partition coefficient (Wildman–Crippen LogP) is 2.31. The van der Waals surface area contributed by atoms with Crippen molar-refractivity contribution in [1.82, 2.24) is 4.98 Å². The standard InChI is InChI=1S/C18H20N2O3/c21-13-18(14-6-2-1-3-7-14)10-5-11-20(12-18)16-9-4-8-15(19-16)17(22)23/h1-4,6-9,21H,5,10-13H2,(H,22,23). The van der Waals surface area contributed by atoms with Crippen molar-refractivity contribution in [2.45, 2.75) is 18.3 Å². The van der Waals surface area contributed by atoms with Crippen LogP contribution in [0.2, 0.25) is 0 Å². The second kappa shape index (κ2) is 6.38. The fourth-order valence-electron chi connectivity index (χ4n) is 3.29. The van der Waals surface area contributed by atoms with E-state index in [-0.39, 0.29) is 17.7 Å². The molecule has 0 saturated carbocycles. The van der Waals surface area contributed by atoms with Gasteiger partial charge in [-0.2, -0.15) is 0 Å². The summed E-state index contributed by atoms with van der Waals surface area (Å²) in [7, 11) is 0. The Morgan fingerprint density at radius 2 is 1.96 bits per heavy atom. The third-order valence-corrected chi connectivity index (χ3v) is 4.54. The molecule has 120 valence electrons. The number of piperidine rings is 1. The van der Waals surface area contributed by atoms with Crippen LogP contribution in [0, 0.1) is 0 Å². The summed E-state index contributed by atoms with van der Waals surface area (Å²) in [4.78, 5) is 17.4. The predicted molar refractivity (Wildman–Crippen MR) is 87.8 cm³/mol. The minimum atomic E-state index is -1.03. The summed E-state index contributed by atoms with van der Waals surface area (Å²) >= 11 is 0. The van der Waals surface area contributed by atoms with Crippen LogP contribution in [0.15, 0.2) is 48.5 Å². The van der Waals surface area contributed by atoms with Crippen LogP contribution >= 0.6 is 0 Å². The number of carboxylic acid groups (broad SMARTS) is 1. The van der Waals surface area contributed by atoms with Gasteiger partial charge in [0.2, 0.25) is 0 Å². The molecule has 1 aromatic heterocycles. The molecule has 1 aromatic carbocycles. The van der Waals surface area contributed by atoms with Crippen molar-refractivity contribution < 1.29 is 15.0 Å². The molecule has 1 saturated heterocycles. The van der Waals surface area contributed by atoms with Crippen LogP contribution < -0.4 is 4.90 Å². The Hall–Kier alpha value is -2.40. The maximum atomic E-state index is 11.1. The van der Waals surface area contributed by atoms with Crippen LogP contribution in [-0.2, 0) is 5.41 Å². The molecule has 3 rings (SSSR count). The molecule has 5 heteroatoms. The van der Waals surface area contributed by atoms with Crippen molar-refractivity contribution in [1.29, 1.82) is 0 Å². The van der Waals surface area contributed by atoms with E-state index in [0.29, 0.717) is 12.4 Å². The highest BCUT2D eigenvalue weighted by Crippen LogP contribution is 2.35. The molecule has 23 heavy (non-hydrogen) atoms. The SMILES string of the molecule is O=C(O)c1cccc(N2CCCC(CO)(c3ccccc3)C2)n1. The van der Waals surface area contributed by atoms with E-state index in [0.717, 1.165) is 24.9 Å². The molecule has 0 amide bonds. The van der Waals surface area contributed by atoms with E-state index in [4.69, 9.17) is 5.11 Å². The van der Waals surface area contributed by atoms with Crippen molar-refractivity contribution >= 4 is 11.8 Å². The number of pyridine rings is 1. The molecular weight excluding hydrogens is 292 g/mol. The lowest BCUT2D eigenvalue weighted by Crippen LogP contribution is -2.48. The number of anilines is 1. The summed E-state index contributed by atoms with van der Waals surface area (Å²) in [5.41, 5.74) is 0.824. The van der Waals surface area contributed by atoms with E-state index in [1.54, 1.807) is 6.07 Å². The van der Waals surface area contributed by atoms with Crippen molar-refractivity contribution in [3.8, 4) is 0 Å². The summed E-state index contributed by atoms with van der Waals surface area (Å²) in [6.45, 7) is 1.50. The molecule has 1 fully saturated rings. The number of rotatable bonds is 4. The lowest BCUT2D eigenvalue weighted by Gasteiger charge is -2.42. The number of aliphatic hydroxyl groups is 1. The Kier molecular flexibility index (Phi) is 4.30. The monoisotopic (exact) mass is 312 g/mol. The number of nitrogens with zero attached hydrogens (tertiary/aromatic N) is 2. The van der Waals surface area contributed by atoms with Crippen LogP contribution in [0.3, 0.4) is 0 Å². The van der Waals surface area contributed by atoms with Crippen LogP contribution in [0.4, 0.5) is 5.82 Å². The van der Waals surface area contributed by atoms with Crippen LogP contribution in [-0.4, -0.2) is 40.9 Å². The van der Waals surface area contributed by atoms with Crippen LogP contribution in [0.5, 0.6) is 0 Å². The van der Waals surface area contributed by atoms with Gasteiger partial charge in [0.25, 0.3) is 0 Å². The average molecular weight is 312 g/mol. The molecule has 5 nitrogen and oxygen atoms in total. The summed E-state index contributed by atoms with van der Waals surface area (Å²) in [6.07, 6.45) is 1.83. The third kappa shape index (κ3) is 3.05. The molecule has 0 spiro atoms. The highest BCUT2D eigenvalue weighted by molar-refractivity contribution is 5.85. The first kappa shape index (κ1) is 15.5. The van der Waals surface area contributed by atoms with Gasteiger partial charge in [0, 0.05) is 18.5 Å². The van der Waals surface area contributed by atoms with Crippen LogP contribution in [0.1, 0.15) is 28.9 Å². The molecule has 1 unspecified atom stereocenters. The zero-order valence-electron chi connectivity index (χ0n) is 12.9. The molecule has 2 heterocycles. The minimum Gasteiger partial charge on any atom is -0.477 e. The minimum absolute atomic E-state index is 0.0439. The third-order valence-electron chi connectivity index (χ3n) is 4.54. The maximum Gasteiger partial charge on any atom is 0.354 e. The van der Waals surface area contributed by atoms with E-state index in [2.05, 4.69) is 9.88 Å². The van der Waals surface area contributed by atoms with Gasteiger partial charge in [-0.25, -0.2) is 9.78 Å². The second-order valence-electron chi connectivity index (χ2n) is 6.02. The Balaban J connectivity index is 1.91. The average Bonchev–Trinajstić information content (AvgIpc) is 2.62. The number of aromatic nitrogens is 1. The fraction of sp³-hybridized carbons (Fsp3) is 0.333. The van der Waals surface area contributed by atoms with Crippen molar-refractivity contribution in [2.75, 3.05) is 24.6 Å². The summed E-state index contributed by atoms with van der Waals surface area (Å²) in [5, 5.41) is 19.2. The molecule has 0 radical (unpaired) electrons. The topological polar surface area (TPSA) is 73.7 Å². The quantitative estimate of drug-likeness (QED) is 0.906. The summed E-state index contributed by atoms with van der Waals surface area (Å²) in [5.74, 6) is -0.376. The molecule has 1 aliphatic heterocycles. The molecule has 2 aromatic rings. The van der Waals surface area contributed by atoms with Gasteiger partial charge in [0.15, 0.2) is 5.69 Å². The Morgan fingerprint density at radius 3 is 2.65 bits per heavy atom. The molecule has 1 aliphatic rings. The summed E-state index contributed by atoms with van der Waals surface area (Å²) in [6, 6.07) is 15.0. The summed E-state index contributed by atoms with van der Waals surface area (Å²) < 4.78 is 0. The Bertz CT molecular complexity index is 690. The van der Waals surface area contributed by atoms with Gasteiger partial charge in [-0.05, 0) is 30.5 Å².